The summed E-state index contributed by atoms with van der Waals surface area (Å²) in [5, 5.41) is 22.6. The normalized spacial score (nSPS) is 44.6. The Balaban J connectivity index is 1.35. The first kappa shape index (κ1) is 26.6. The summed E-state index contributed by atoms with van der Waals surface area (Å²) < 4.78 is 0. The van der Waals surface area contributed by atoms with Crippen molar-refractivity contribution >= 4 is 0 Å². The molecule has 3 unspecified atom stereocenters. The number of fused-ring (bicyclic) bond motifs is 5. The predicted molar refractivity (Wildman–Crippen MR) is 138 cm³/mol. The zero-order chi connectivity index (χ0) is 24.6. The van der Waals surface area contributed by atoms with Crippen molar-refractivity contribution in [2.75, 3.05) is 33.8 Å². The summed E-state index contributed by atoms with van der Waals surface area (Å²) in [6.45, 7) is 9.70. The van der Waals surface area contributed by atoms with Gasteiger partial charge in [0.1, 0.15) is 0 Å². The van der Waals surface area contributed by atoms with E-state index in [1.54, 1.807) is 0 Å². The van der Waals surface area contributed by atoms with Crippen LogP contribution in [0.4, 0.5) is 0 Å². The van der Waals surface area contributed by atoms with Crippen molar-refractivity contribution in [2.45, 2.75) is 103 Å². The van der Waals surface area contributed by atoms with Gasteiger partial charge in [-0.05, 0) is 127 Å². The highest BCUT2D eigenvalue weighted by Gasteiger charge is 2.66. The second-order valence-corrected chi connectivity index (χ2v) is 13.1. The molecule has 4 aliphatic carbocycles. The van der Waals surface area contributed by atoms with Crippen LogP contribution in [0.2, 0.25) is 0 Å². The van der Waals surface area contributed by atoms with Crippen LogP contribution >= 0.6 is 0 Å². The summed E-state index contributed by atoms with van der Waals surface area (Å²) in [5.41, 5.74) is 4.21. The fraction of sp³-hybridized carbons (Fsp3) is 0.931. The fourth-order valence-electron chi connectivity index (χ4n) is 8.75. The van der Waals surface area contributed by atoms with Crippen molar-refractivity contribution in [3.8, 4) is 0 Å². The molecule has 0 aliphatic heterocycles. The van der Waals surface area contributed by atoms with Crippen molar-refractivity contribution in [3.05, 3.63) is 11.6 Å². The van der Waals surface area contributed by atoms with Gasteiger partial charge >= 0.3 is 0 Å². The van der Waals surface area contributed by atoms with E-state index in [1.165, 1.54) is 18.4 Å². The Labute approximate surface area is 208 Å². The quantitative estimate of drug-likeness (QED) is 0.250. The Hall–Kier alpha value is -0.460. The zero-order valence-corrected chi connectivity index (χ0v) is 22.6. The van der Waals surface area contributed by atoms with Crippen molar-refractivity contribution in [1.82, 2.24) is 10.4 Å². The van der Waals surface area contributed by atoms with Gasteiger partial charge in [0.05, 0.1) is 18.3 Å². The first-order chi connectivity index (χ1) is 16.1. The molecular weight excluding hydrogens is 424 g/mol. The number of rotatable bonds is 9. The number of aliphatic hydroxyl groups is 2. The lowest BCUT2D eigenvalue weighted by Crippen LogP contribution is -2.62. The van der Waals surface area contributed by atoms with E-state index in [-0.39, 0.29) is 11.5 Å². The second kappa shape index (κ2) is 10.5. The molecule has 3 N–H and O–H groups in total. The second-order valence-electron chi connectivity index (χ2n) is 13.1. The van der Waals surface area contributed by atoms with E-state index in [9.17, 15) is 10.2 Å². The lowest BCUT2D eigenvalue weighted by Gasteiger charge is -2.63. The standard InChI is InChI=1S/C29H52N2O3/c1-21(20-30-34-17-7-6-16-31(4)5)18-23-10-15-29(33)26-9-8-22-19-24(32)11-13-27(22,2)25(26)12-14-28(23,29)3/h18,22-26,30,32-33H,6-17,19-20H2,1-5H3/b21-18+/t22?,23?,24?,25-,26-,27+,28-,29-/m1/s1. The van der Waals surface area contributed by atoms with Gasteiger partial charge in [-0.1, -0.05) is 25.5 Å². The summed E-state index contributed by atoms with van der Waals surface area (Å²) in [6.07, 6.45) is 14.4. The maximum Gasteiger partial charge on any atom is 0.0737 e. The largest absolute Gasteiger partial charge is 0.393 e. The van der Waals surface area contributed by atoms with Crippen LogP contribution in [0.25, 0.3) is 0 Å². The van der Waals surface area contributed by atoms with Crippen LogP contribution in [-0.2, 0) is 4.84 Å². The highest BCUT2D eigenvalue weighted by Crippen LogP contribution is 2.69. The number of nitrogens with one attached hydrogen (secondary N) is 1. The smallest absolute Gasteiger partial charge is 0.0737 e. The number of allylic oxidation sites excluding steroid dienone is 1. The Morgan fingerprint density at radius 3 is 2.59 bits per heavy atom. The maximum atomic E-state index is 12.3. The van der Waals surface area contributed by atoms with E-state index < -0.39 is 5.60 Å². The molecule has 0 aromatic heterocycles. The fourth-order valence-corrected chi connectivity index (χ4v) is 8.75. The van der Waals surface area contributed by atoms with Crippen LogP contribution in [0.3, 0.4) is 0 Å². The van der Waals surface area contributed by atoms with Crippen LogP contribution in [0.5, 0.6) is 0 Å². The Kier molecular flexibility index (Phi) is 8.21. The van der Waals surface area contributed by atoms with Crippen molar-refractivity contribution in [1.29, 1.82) is 0 Å². The summed E-state index contributed by atoms with van der Waals surface area (Å²) in [4.78, 5) is 7.88. The van der Waals surface area contributed by atoms with Crippen LogP contribution in [0, 0.1) is 34.5 Å². The average Bonchev–Trinajstić information content (AvgIpc) is 3.04. The molecule has 0 aromatic rings. The minimum absolute atomic E-state index is 0.0279. The van der Waals surface area contributed by atoms with Crippen molar-refractivity contribution in [3.63, 3.8) is 0 Å². The van der Waals surface area contributed by atoms with Gasteiger partial charge in [0.25, 0.3) is 0 Å². The number of hydrogen-bond acceptors (Lipinski definition) is 5. The van der Waals surface area contributed by atoms with Crippen molar-refractivity contribution in [2.24, 2.45) is 34.5 Å². The molecule has 0 amide bonds. The summed E-state index contributed by atoms with van der Waals surface area (Å²) in [7, 11) is 4.22. The molecular formula is C29H52N2O3. The van der Waals surface area contributed by atoms with Gasteiger partial charge in [0.15, 0.2) is 0 Å². The van der Waals surface area contributed by atoms with E-state index in [0.29, 0.717) is 29.1 Å². The molecule has 4 saturated carbocycles. The molecule has 5 heteroatoms. The highest BCUT2D eigenvalue weighted by molar-refractivity contribution is 5.21. The van der Waals surface area contributed by atoms with E-state index in [0.717, 1.165) is 77.5 Å². The molecule has 4 aliphatic rings. The molecule has 0 aromatic carbocycles. The minimum atomic E-state index is -0.544. The minimum Gasteiger partial charge on any atom is -0.393 e. The topological polar surface area (TPSA) is 65.0 Å². The molecule has 0 radical (unpaired) electrons. The number of aliphatic hydroxyl groups excluding tert-OH is 1. The van der Waals surface area contributed by atoms with Gasteiger partial charge in [0, 0.05) is 12.0 Å². The summed E-state index contributed by atoms with van der Waals surface area (Å²) in [6, 6.07) is 0. The van der Waals surface area contributed by atoms with Gasteiger partial charge in [-0.2, -0.15) is 5.48 Å². The first-order valence-electron chi connectivity index (χ1n) is 14.2. The molecule has 8 atom stereocenters. The van der Waals surface area contributed by atoms with Crippen LogP contribution in [0.1, 0.15) is 91.4 Å². The van der Waals surface area contributed by atoms with Gasteiger partial charge in [-0.3, -0.25) is 0 Å². The van der Waals surface area contributed by atoms with E-state index in [2.05, 4.69) is 51.3 Å². The Morgan fingerprint density at radius 1 is 1.03 bits per heavy atom. The van der Waals surface area contributed by atoms with Crippen LogP contribution in [0.15, 0.2) is 11.6 Å². The van der Waals surface area contributed by atoms with Gasteiger partial charge < -0.3 is 20.0 Å². The number of nitrogens with zero attached hydrogens (tertiary/aromatic N) is 1. The monoisotopic (exact) mass is 476 g/mol. The molecule has 196 valence electrons. The summed E-state index contributed by atoms with van der Waals surface area (Å²) in [5.74, 6) is 2.12. The zero-order valence-electron chi connectivity index (χ0n) is 22.6. The maximum absolute atomic E-state index is 12.3. The number of hydrogen-bond donors (Lipinski definition) is 3. The third kappa shape index (κ3) is 4.89. The van der Waals surface area contributed by atoms with Gasteiger partial charge in [-0.25, -0.2) is 0 Å². The third-order valence-corrected chi connectivity index (χ3v) is 10.9. The molecule has 0 spiro atoms. The van der Waals surface area contributed by atoms with E-state index >= 15 is 0 Å². The lowest BCUT2D eigenvalue weighted by molar-refractivity contribution is -0.207. The molecule has 4 rings (SSSR count). The van der Waals surface area contributed by atoms with Gasteiger partial charge in [0.2, 0.25) is 0 Å². The van der Waals surface area contributed by atoms with Crippen LogP contribution < -0.4 is 5.48 Å². The molecule has 0 saturated heterocycles. The first-order valence-corrected chi connectivity index (χ1v) is 14.2. The SMILES string of the molecule is C/C(=C\C1CC[C@@]2(O)[C@@H]3CCC4CC(O)CC[C@]4(C)[C@@H]3CC[C@]12C)CNOCCCCN(C)C. The Morgan fingerprint density at radius 2 is 1.82 bits per heavy atom. The highest BCUT2D eigenvalue weighted by atomic mass is 16.6. The van der Waals surface area contributed by atoms with Crippen molar-refractivity contribution < 1.29 is 15.1 Å². The average molecular weight is 477 g/mol. The predicted octanol–water partition coefficient (Wildman–Crippen LogP) is 4.93. The molecule has 34 heavy (non-hydrogen) atoms. The van der Waals surface area contributed by atoms with E-state index in [4.69, 9.17) is 4.84 Å². The molecule has 0 bridgehead atoms. The number of hydroxylamine groups is 1. The third-order valence-electron chi connectivity index (χ3n) is 10.9. The molecule has 0 heterocycles. The van der Waals surface area contributed by atoms with E-state index in [1.807, 2.05) is 0 Å². The van der Waals surface area contributed by atoms with Gasteiger partial charge in [-0.15, -0.1) is 0 Å². The summed E-state index contributed by atoms with van der Waals surface area (Å²) >= 11 is 0. The molecule has 5 nitrogen and oxygen atoms in total. The molecule has 4 fully saturated rings. The number of unbranched alkanes of at least 4 members (excludes halogenated alkanes) is 1. The Bertz CT molecular complexity index is 726. The van der Waals surface area contributed by atoms with Crippen LogP contribution in [-0.4, -0.2) is 60.6 Å². The lowest BCUT2D eigenvalue weighted by atomic mass is 9.43.